The number of ether oxygens (including phenoxy) is 1. The van der Waals surface area contributed by atoms with Gasteiger partial charge in [0, 0.05) is 22.8 Å². The minimum absolute atomic E-state index is 0.0896. The van der Waals surface area contributed by atoms with Crippen molar-refractivity contribution in [2.24, 2.45) is 10.9 Å². The van der Waals surface area contributed by atoms with Gasteiger partial charge in [-0.3, -0.25) is 4.79 Å². The molecule has 2 aromatic rings. The average molecular weight is 356 g/mol. The molecule has 2 aliphatic rings. The van der Waals surface area contributed by atoms with Gasteiger partial charge in [0.25, 0.3) is 5.91 Å². The third-order valence-electron chi connectivity index (χ3n) is 4.64. The van der Waals surface area contributed by atoms with E-state index in [2.05, 4.69) is 5.32 Å². The second-order valence-electron chi connectivity index (χ2n) is 6.16. The first-order valence-electron chi connectivity index (χ1n) is 8.11. The number of rotatable bonds is 2. The van der Waals surface area contributed by atoms with E-state index in [0.717, 1.165) is 5.75 Å². The molecule has 0 aromatic heterocycles. The summed E-state index contributed by atoms with van der Waals surface area (Å²) in [6.07, 6.45) is 0. The Morgan fingerprint density at radius 1 is 1.20 bits per heavy atom. The number of amidine groups is 1. The topological polar surface area (TPSA) is 50.7 Å². The van der Waals surface area contributed by atoms with Crippen molar-refractivity contribution in [3.63, 3.8) is 0 Å². The van der Waals surface area contributed by atoms with Crippen LogP contribution in [0.25, 0.3) is 0 Å². The first-order chi connectivity index (χ1) is 12.2. The standard InChI is InChI=1S/C19H17FN2O2S/c20-16-9-5-4-8-15(16)19-12-24-10-14(19)11-25-18(22-19)21-17(23)13-6-2-1-3-7-13/h1-9,14H,10-12H2,(H,21,22,23)/t14-,19+/m0/s1. The number of carbonyl (C=O) groups is 1. The predicted molar refractivity (Wildman–Crippen MR) is 96.2 cm³/mol. The Morgan fingerprint density at radius 3 is 2.76 bits per heavy atom. The van der Waals surface area contributed by atoms with E-state index in [1.165, 1.54) is 17.8 Å². The zero-order valence-electron chi connectivity index (χ0n) is 13.4. The van der Waals surface area contributed by atoms with Gasteiger partial charge in [-0.1, -0.05) is 48.2 Å². The molecule has 2 aliphatic heterocycles. The second-order valence-corrected chi connectivity index (χ2v) is 7.17. The Morgan fingerprint density at radius 2 is 1.96 bits per heavy atom. The number of hydrogen-bond donors (Lipinski definition) is 1. The van der Waals surface area contributed by atoms with Crippen LogP contribution in [0, 0.1) is 11.7 Å². The number of carbonyl (C=O) groups excluding carboxylic acids is 1. The summed E-state index contributed by atoms with van der Waals surface area (Å²) < 4.78 is 20.1. The van der Waals surface area contributed by atoms with Gasteiger partial charge in [-0.15, -0.1) is 0 Å². The highest BCUT2D eigenvalue weighted by atomic mass is 32.2. The van der Waals surface area contributed by atoms with Crippen LogP contribution in [0.3, 0.4) is 0 Å². The smallest absolute Gasteiger partial charge is 0.257 e. The van der Waals surface area contributed by atoms with Gasteiger partial charge in [-0.25, -0.2) is 9.38 Å². The first-order valence-corrected chi connectivity index (χ1v) is 9.09. The van der Waals surface area contributed by atoms with Crippen molar-refractivity contribution in [3.05, 3.63) is 71.5 Å². The molecule has 0 unspecified atom stereocenters. The molecule has 4 rings (SSSR count). The Hall–Kier alpha value is -2.18. The fourth-order valence-electron chi connectivity index (χ4n) is 3.31. The first kappa shape index (κ1) is 16.3. The zero-order chi connectivity index (χ0) is 17.3. The van der Waals surface area contributed by atoms with Crippen LogP contribution >= 0.6 is 11.8 Å². The van der Waals surface area contributed by atoms with Crippen LogP contribution in [0.5, 0.6) is 0 Å². The van der Waals surface area contributed by atoms with E-state index in [4.69, 9.17) is 9.73 Å². The molecule has 2 atom stereocenters. The van der Waals surface area contributed by atoms with E-state index in [-0.39, 0.29) is 17.6 Å². The maximum atomic E-state index is 14.4. The van der Waals surface area contributed by atoms with E-state index >= 15 is 0 Å². The summed E-state index contributed by atoms with van der Waals surface area (Å²) in [4.78, 5) is 17.2. The zero-order valence-corrected chi connectivity index (χ0v) is 14.3. The number of nitrogens with zero attached hydrogens (tertiary/aromatic N) is 1. The van der Waals surface area contributed by atoms with Crippen LogP contribution < -0.4 is 5.32 Å². The predicted octanol–water partition coefficient (Wildman–Crippen LogP) is 3.20. The van der Waals surface area contributed by atoms with Gasteiger partial charge in [0.1, 0.15) is 11.4 Å². The van der Waals surface area contributed by atoms with Crippen LogP contribution in [-0.2, 0) is 10.3 Å². The fourth-order valence-corrected chi connectivity index (χ4v) is 4.43. The molecule has 0 spiro atoms. The van der Waals surface area contributed by atoms with Crippen LogP contribution in [0.4, 0.5) is 4.39 Å². The number of halogens is 1. The molecule has 1 saturated heterocycles. The quantitative estimate of drug-likeness (QED) is 0.899. The molecule has 2 aromatic carbocycles. The van der Waals surface area contributed by atoms with Crippen LogP contribution in [0.1, 0.15) is 15.9 Å². The lowest BCUT2D eigenvalue weighted by Gasteiger charge is -2.34. The molecule has 0 aliphatic carbocycles. The average Bonchev–Trinajstić information content (AvgIpc) is 3.07. The molecule has 0 radical (unpaired) electrons. The number of aliphatic imine (C=N–C) groups is 1. The van der Waals surface area contributed by atoms with E-state index in [1.807, 2.05) is 24.3 Å². The number of thioether (sulfide) groups is 1. The Kier molecular flexibility index (Phi) is 4.31. The molecule has 4 nitrogen and oxygen atoms in total. The summed E-state index contributed by atoms with van der Waals surface area (Å²) >= 11 is 1.48. The third-order valence-corrected chi connectivity index (χ3v) is 5.67. The maximum Gasteiger partial charge on any atom is 0.257 e. The molecule has 2 heterocycles. The van der Waals surface area contributed by atoms with Crippen molar-refractivity contribution >= 4 is 22.8 Å². The molecule has 6 heteroatoms. The monoisotopic (exact) mass is 356 g/mol. The molecule has 0 bridgehead atoms. The van der Waals surface area contributed by atoms with E-state index in [0.29, 0.717) is 29.5 Å². The highest BCUT2D eigenvalue weighted by molar-refractivity contribution is 8.13. The third kappa shape index (κ3) is 2.96. The van der Waals surface area contributed by atoms with E-state index in [1.54, 1.807) is 24.3 Å². The Bertz CT molecular complexity index is 827. The van der Waals surface area contributed by atoms with Crippen molar-refractivity contribution in [2.45, 2.75) is 5.54 Å². The lowest BCUT2D eigenvalue weighted by atomic mass is 9.81. The largest absolute Gasteiger partial charge is 0.378 e. The molecular weight excluding hydrogens is 339 g/mol. The van der Waals surface area contributed by atoms with E-state index < -0.39 is 5.54 Å². The van der Waals surface area contributed by atoms with Crippen molar-refractivity contribution in [3.8, 4) is 0 Å². The lowest BCUT2D eigenvalue weighted by Crippen LogP contribution is -2.42. The number of hydrogen-bond acceptors (Lipinski definition) is 4. The van der Waals surface area contributed by atoms with Gasteiger partial charge < -0.3 is 10.1 Å². The summed E-state index contributed by atoms with van der Waals surface area (Å²) in [5.41, 5.74) is 0.329. The molecule has 1 fully saturated rings. The lowest BCUT2D eigenvalue weighted by molar-refractivity contribution is 0.0977. The van der Waals surface area contributed by atoms with Gasteiger partial charge in [-0.05, 0) is 18.2 Å². The number of benzene rings is 2. The molecule has 1 amide bonds. The molecule has 1 N–H and O–H groups in total. The number of fused-ring (bicyclic) bond motifs is 1. The van der Waals surface area contributed by atoms with Crippen LogP contribution in [0.2, 0.25) is 0 Å². The van der Waals surface area contributed by atoms with Gasteiger partial charge >= 0.3 is 0 Å². The fraction of sp³-hybridized carbons (Fsp3) is 0.263. The molecule has 0 saturated carbocycles. The van der Waals surface area contributed by atoms with Crippen LogP contribution in [-0.4, -0.2) is 30.0 Å². The summed E-state index contributed by atoms with van der Waals surface area (Å²) in [6, 6.07) is 15.7. The maximum absolute atomic E-state index is 14.4. The van der Waals surface area contributed by atoms with Gasteiger partial charge in [0.15, 0.2) is 5.17 Å². The molecule has 25 heavy (non-hydrogen) atoms. The summed E-state index contributed by atoms with van der Waals surface area (Å²) in [5.74, 6) is 0.310. The summed E-state index contributed by atoms with van der Waals surface area (Å²) in [7, 11) is 0. The summed E-state index contributed by atoms with van der Waals surface area (Å²) in [6.45, 7) is 0.870. The minimum Gasteiger partial charge on any atom is -0.378 e. The van der Waals surface area contributed by atoms with Crippen LogP contribution in [0.15, 0.2) is 59.6 Å². The van der Waals surface area contributed by atoms with E-state index in [9.17, 15) is 9.18 Å². The SMILES string of the molecule is O=C(NC1=N[C@]2(c3ccccc3F)COC[C@H]2CS1)c1ccccc1. The number of nitrogens with one attached hydrogen (secondary N) is 1. The van der Waals surface area contributed by atoms with Crippen molar-refractivity contribution in [1.82, 2.24) is 5.32 Å². The van der Waals surface area contributed by atoms with Gasteiger partial charge in [0.2, 0.25) is 0 Å². The highest BCUT2D eigenvalue weighted by Crippen LogP contribution is 2.45. The van der Waals surface area contributed by atoms with Crippen molar-refractivity contribution in [2.75, 3.05) is 19.0 Å². The van der Waals surface area contributed by atoms with Crippen molar-refractivity contribution < 1.29 is 13.9 Å². The Balaban J connectivity index is 1.67. The minimum atomic E-state index is -0.768. The van der Waals surface area contributed by atoms with Gasteiger partial charge in [0.05, 0.1) is 13.2 Å². The summed E-state index contributed by atoms with van der Waals surface area (Å²) in [5, 5.41) is 3.37. The van der Waals surface area contributed by atoms with Crippen molar-refractivity contribution in [1.29, 1.82) is 0 Å². The normalized spacial score (nSPS) is 25.2. The molecule has 128 valence electrons. The second kappa shape index (κ2) is 6.61. The molecular formula is C19H17FN2O2S. The Labute approximate surface area is 149 Å². The van der Waals surface area contributed by atoms with Gasteiger partial charge in [-0.2, -0.15) is 0 Å². The number of amides is 1. The highest BCUT2D eigenvalue weighted by Gasteiger charge is 2.49.